The second kappa shape index (κ2) is 13.6. The van der Waals surface area contributed by atoms with E-state index >= 15 is 0 Å². The molecule has 0 aromatic heterocycles. The molecule has 0 heterocycles. The van der Waals surface area contributed by atoms with Gasteiger partial charge in [0.1, 0.15) is 12.4 Å². The summed E-state index contributed by atoms with van der Waals surface area (Å²) in [6, 6.07) is 8.27. The van der Waals surface area contributed by atoms with Crippen molar-refractivity contribution in [2.75, 3.05) is 26.4 Å². The first-order valence-corrected chi connectivity index (χ1v) is 8.77. The van der Waals surface area contributed by atoms with Crippen LogP contribution in [-0.4, -0.2) is 31.5 Å². The Labute approximate surface area is 135 Å². The van der Waals surface area contributed by atoms with Gasteiger partial charge in [0, 0.05) is 0 Å². The largest absolute Gasteiger partial charge is 0.491 e. The average molecular weight is 308 g/mol. The number of benzene rings is 1. The molecule has 0 spiro atoms. The minimum atomic E-state index is 0.0643. The van der Waals surface area contributed by atoms with E-state index < -0.39 is 0 Å². The molecule has 0 saturated carbocycles. The summed E-state index contributed by atoms with van der Waals surface area (Å²) in [5.41, 5.74) is 1.29. The van der Waals surface area contributed by atoms with Crippen LogP contribution in [-0.2, 0) is 11.2 Å². The van der Waals surface area contributed by atoms with Crippen molar-refractivity contribution in [3.05, 3.63) is 29.8 Å². The van der Waals surface area contributed by atoms with Crippen LogP contribution in [0.2, 0.25) is 0 Å². The number of hydrogen-bond acceptors (Lipinski definition) is 3. The van der Waals surface area contributed by atoms with Crippen molar-refractivity contribution in [1.82, 2.24) is 0 Å². The van der Waals surface area contributed by atoms with Gasteiger partial charge < -0.3 is 14.6 Å². The van der Waals surface area contributed by atoms with E-state index in [1.807, 2.05) is 12.1 Å². The fraction of sp³-hybridized carbons (Fsp3) is 0.684. The van der Waals surface area contributed by atoms with Crippen LogP contribution < -0.4 is 4.74 Å². The number of aliphatic hydroxyl groups is 1. The van der Waals surface area contributed by atoms with E-state index in [2.05, 4.69) is 19.1 Å². The molecule has 126 valence electrons. The number of rotatable bonds is 14. The molecule has 1 rings (SSSR count). The molecule has 0 atom stereocenters. The van der Waals surface area contributed by atoms with Crippen LogP contribution in [0.15, 0.2) is 24.3 Å². The Bertz CT molecular complexity index is 365. The van der Waals surface area contributed by atoms with Gasteiger partial charge in [-0.3, -0.25) is 0 Å². The summed E-state index contributed by atoms with van der Waals surface area (Å²) in [4.78, 5) is 0. The van der Waals surface area contributed by atoms with E-state index in [0.717, 1.165) is 12.2 Å². The predicted octanol–water partition coefficient (Wildman–Crippen LogP) is 4.37. The lowest BCUT2D eigenvalue weighted by molar-refractivity contribution is 0.0703. The van der Waals surface area contributed by atoms with Crippen LogP contribution in [0.3, 0.4) is 0 Å². The van der Waals surface area contributed by atoms with Crippen molar-refractivity contribution in [2.24, 2.45) is 0 Å². The van der Waals surface area contributed by atoms with E-state index in [9.17, 15) is 0 Å². The van der Waals surface area contributed by atoms with Crippen molar-refractivity contribution >= 4 is 0 Å². The topological polar surface area (TPSA) is 38.7 Å². The number of unbranched alkanes of at least 4 members (excludes halogenated alkanes) is 6. The third kappa shape index (κ3) is 9.06. The number of hydrogen-bond donors (Lipinski definition) is 1. The quantitative estimate of drug-likeness (QED) is 0.519. The summed E-state index contributed by atoms with van der Waals surface area (Å²) in [5.74, 6) is 0.973. The maximum atomic E-state index is 8.65. The molecule has 1 aromatic rings. The molecule has 1 aromatic carbocycles. The van der Waals surface area contributed by atoms with E-state index in [1.165, 1.54) is 50.5 Å². The number of aliphatic hydroxyl groups excluding tert-OH is 1. The third-order valence-corrected chi connectivity index (χ3v) is 3.74. The monoisotopic (exact) mass is 308 g/mol. The third-order valence-electron chi connectivity index (χ3n) is 3.74. The van der Waals surface area contributed by atoms with Crippen molar-refractivity contribution in [2.45, 2.75) is 58.3 Å². The fourth-order valence-electron chi connectivity index (χ4n) is 2.50. The highest BCUT2D eigenvalue weighted by molar-refractivity contribution is 5.33. The van der Waals surface area contributed by atoms with Crippen molar-refractivity contribution in [1.29, 1.82) is 0 Å². The van der Waals surface area contributed by atoms with Gasteiger partial charge in [0.25, 0.3) is 0 Å². The SMILES string of the molecule is CCCCCCCCCc1ccccc1OCCOCCO. The molecule has 0 radical (unpaired) electrons. The summed E-state index contributed by atoms with van der Waals surface area (Å²) >= 11 is 0. The van der Waals surface area contributed by atoms with Crippen LogP contribution in [0.25, 0.3) is 0 Å². The van der Waals surface area contributed by atoms with Gasteiger partial charge in [0.2, 0.25) is 0 Å². The van der Waals surface area contributed by atoms with E-state index in [1.54, 1.807) is 0 Å². The van der Waals surface area contributed by atoms with Gasteiger partial charge >= 0.3 is 0 Å². The maximum Gasteiger partial charge on any atom is 0.122 e. The molecule has 0 amide bonds. The number of para-hydroxylation sites is 1. The Morgan fingerprint density at radius 1 is 0.864 bits per heavy atom. The summed E-state index contributed by atoms with van der Waals surface area (Å²) in [5, 5.41) is 8.65. The zero-order valence-corrected chi connectivity index (χ0v) is 14.1. The van der Waals surface area contributed by atoms with Crippen LogP contribution in [0.4, 0.5) is 0 Å². The van der Waals surface area contributed by atoms with Crippen LogP contribution in [0.5, 0.6) is 5.75 Å². The zero-order chi connectivity index (χ0) is 15.9. The smallest absolute Gasteiger partial charge is 0.122 e. The molecule has 3 heteroatoms. The Morgan fingerprint density at radius 3 is 2.36 bits per heavy atom. The first-order chi connectivity index (χ1) is 10.9. The predicted molar refractivity (Wildman–Crippen MR) is 91.5 cm³/mol. The van der Waals surface area contributed by atoms with Crippen molar-refractivity contribution in [3.8, 4) is 5.75 Å². The Hall–Kier alpha value is -1.06. The molecule has 1 N–H and O–H groups in total. The summed E-state index contributed by atoms with van der Waals surface area (Å²) in [6.45, 7) is 3.75. The molecular formula is C19H32O3. The minimum Gasteiger partial charge on any atom is -0.491 e. The molecule has 3 nitrogen and oxygen atoms in total. The molecule has 0 saturated heterocycles. The molecule has 0 aliphatic carbocycles. The highest BCUT2D eigenvalue weighted by atomic mass is 16.5. The average Bonchev–Trinajstić information content (AvgIpc) is 2.55. The first kappa shape index (κ1) is 19.0. The van der Waals surface area contributed by atoms with Crippen molar-refractivity contribution in [3.63, 3.8) is 0 Å². The van der Waals surface area contributed by atoms with E-state index in [-0.39, 0.29) is 6.61 Å². The Balaban J connectivity index is 2.19. The maximum absolute atomic E-state index is 8.65. The lowest BCUT2D eigenvalue weighted by Crippen LogP contribution is -2.10. The summed E-state index contributed by atoms with van der Waals surface area (Å²) in [7, 11) is 0. The number of aryl methyl sites for hydroxylation is 1. The van der Waals surface area contributed by atoms with Gasteiger partial charge in [-0.25, -0.2) is 0 Å². The Kier molecular flexibility index (Phi) is 11.7. The zero-order valence-electron chi connectivity index (χ0n) is 14.1. The summed E-state index contributed by atoms with van der Waals surface area (Å²) in [6.07, 6.45) is 10.4. The lowest BCUT2D eigenvalue weighted by atomic mass is 10.0. The molecule has 0 unspecified atom stereocenters. The van der Waals surface area contributed by atoms with Gasteiger partial charge in [0.05, 0.1) is 19.8 Å². The molecule has 0 fully saturated rings. The van der Waals surface area contributed by atoms with E-state index in [4.69, 9.17) is 14.6 Å². The molecule has 0 aliphatic rings. The standard InChI is InChI=1S/C19H32O3/c1-2-3-4-5-6-7-8-11-18-12-9-10-13-19(18)22-17-16-21-15-14-20/h9-10,12-13,20H,2-8,11,14-17H2,1H3. The number of ether oxygens (including phenoxy) is 2. The second-order valence-electron chi connectivity index (χ2n) is 5.66. The fourth-order valence-corrected chi connectivity index (χ4v) is 2.50. The van der Waals surface area contributed by atoms with Crippen LogP contribution in [0.1, 0.15) is 57.4 Å². The Morgan fingerprint density at radius 2 is 1.59 bits per heavy atom. The van der Waals surface area contributed by atoms with Gasteiger partial charge in [0.15, 0.2) is 0 Å². The van der Waals surface area contributed by atoms with Gasteiger partial charge in [-0.1, -0.05) is 63.6 Å². The molecule has 22 heavy (non-hydrogen) atoms. The lowest BCUT2D eigenvalue weighted by Gasteiger charge is -2.11. The van der Waals surface area contributed by atoms with Crippen LogP contribution >= 0.6 is 0 Å². The van der Waals surface area contributed by atoms with Crippen LogP contribution in [0, 0.1) is 0 Å². The molecule has 0 bridgehead atoms. The van der Waals surface area contributed by atoms with Crippen molar-refractivity contribution < 1.29 is 14.6 Å². The van der Waals surface area contributed by atoms with E-state index in [0.29, 0.717) is 19.8 Å². The highest BCUT2D eigenvalue weighted by Gasteiger charge is 2.03. The van der Waals surface area contributed by atoms with Gasteiger partial charge in [-0.2, -0.15) is 0 Å². The minimum absolute atomic E-state index is 0.0643. The molecule has 0 aliphatic heterocycles. The first-order valence-electron chi connectivity index (χ1n) is 8.77. The summed E-state index contributed by atoms with van der Waals surface area (Å²) < 4.78 is 11.0. The normalized spacial score (nSPS) is 10.8. The van der Waals surface area contributed by atoms with Gasteiger partial charge in [-0.05, 0) is 24.5 Å². The van der Waals surface area contributed by atoms with Gasteiger partial charge in [-0.15, -0.1) is 0 Å². The second-order valence-corrected chi connectivity index (χ2v) is 5.66. The molecular weight excluding hydrogens is 276 g/mol. The highest BCUT2D eigenvalue weighted by Crippen LogP contribution is 2.20.